The number of aromatic hydroxyl groups is 2. The first-order chi connectivity index (χ1) is 20.4. The number of rotatable bonds is 7. The Bertz CT molecular complexity index is 1540. The van der Waals surface area contributed by atoms with Crippen molar-refractivity contribution in [2.45, 2.75) is 68.3 Å². The molecule has 1 aromatic heterocycles. The summed E-state index contributed by atoms with van der Waals surface area (Å²) in [6, 6.07) is 3.60. The Hall–Kier alpha value is -3.29. The van der Waals surface area contributed by atoms with E-state index in [1.807, 2.05) is 0 Å². The van der Waals surface area contributed by atoms with Gasteiger partial charge in [-0.2, -0.15) is 0 Å². The van der Waals surface area contributed by atoms with Crippen LogP contribution >= 0.6 is 0 Å². The number of phenolic OH excluding ortho intramolecular Hbond substituents is 1. The van der Waals surface area contributed by atoms with Crippen LogP contribution in [0.4, 0.5) is 0 Å². The van der Waals surface area contributed by atoms with Crippen LogP contribution in [0.25, 0.3) is 21.5 Å². The minimum atomic E-state index is -1.89. The highest BCUT2D eigenvalue weighted by molar-refractivity contribution is 6.14. The number of hydrogen-bond donors (Lipinski definition) is 9. The van der Waals surface area contributed by atoms with Gasteiger partial charge in [-0.15, -0.1) is 0 Å². The molecule has 16 heteroatoms. The first-order valence-electron chi connectivity index (χ1n) is 13.2. The zero-order valence-corrected chi connectivity index (χ0v) is 22.8. The van der Waals surface area contributed by atoms with Gasteiger partial charge >= 0.3 is 0 Å². The van der Waals surface area contributed by atoms with Crippen LogP contribution in [0.2, 0.25) is 0 Å². The second-order valence-corrected chi connectivity index (χ2v) is 10.3. The monoisotopic (exact) mass is 612 g/mol. The van der Waals surface area contributed by atoms with Crippen molar-refractivity contribution < 1.29 is 74.1 Å². The molecule has 10 atom stereocenters. The molecule has 0 saturated carbocycles. The fourth-order valence-electron chi connectivity index (χ4n) is 5.30. The summed E-state index contributed by atoms with van der Waals surface area (Å²) in [5.74, 6) is -1.19. The van der Waals surface area contributed by atoms with Crippen LogP contribution in [0.5, 0.6) is 23.2 Å². The van der Waals surface area contributed by atoms with Gasteiger partial charge in [-0.1, -0.05) is 0 Å². The summed E-state index contributed by atoms with van der Waals surface area (Å²) in [7, 11) is 1.31. The van der Waals surface area contributed by atoms with Gasteiger partial charge in [0.25, 0.3) is 5.95 Å². The van der Waals surface area contributed by atoms with Crippen LogP contribution in [-0.2, 0) is 14.2 Å². The van der Waals surface area contributed by atoms with Gasteiger partial charge in [0.05, 0.1) is 25.7 Å². The van der Waals surface area contributed by atoms with E-state index in [0.29, 0.717) is 0 Å². The predicted octanol–water partition coefficient (Wildman–Crippen LogP) is -2.32. The van der Waals surface area contributed by atoms with Crippen LogP contribution < -0.4 is 14.9 Å². The van der Waals surface area contributed by atoms with E-state index in [1.165, 1.54) is 13.2 Å². The third kappa shape index (κ3) is 5.46. The SMILES string of the molecule is COc1c2cc(=O)cc(O[C@@H]3O[C@H](CO[C@@H]4O[C@H](CO)[C@@H](O)[C@H](O)[C@H]4O)[C@@H](O)[C@H](O)[C@H]3O)c2c(O)c2c(O)oc(C)cc12. The van der Waals surface area contributed by atoms with Gasteiger partial charge in [-0.25, -0.2) is 0 Å². The lowest BCUT2D eigenvalue weighted by Gasteiger charge is -2.42. The average molecular weight is 613 g/mol. The van der Waals surface area contributed by atoms with E-state index >= 15 is 0 Å². The highest BCUT2D eigenvalue weighted by Crippen LogP contribution is 2.48. The minimum Gasteiger partial charge on any atom is -0.506 e. The molecule has 0 radical (unpaired) electrons. The van der Waals surface area contributed by atoms with Crippen LogP contribution in [0, 0.1) is 6.92 Å². The molecular formula is C27H32O16. The number of phenols is 1. The van der Waals surface area contributed by atoms with Gasteiger partial charge in [-0.05, 0) is 19.1 Å². The number of hydrogen-bond acceptors (Lipinski definition) is 16. The highest BCUT2D eigenvalue weighted by Gasteiger charge is 2.48. The quantitative estimate of drug-likeness (QED) is 0.127. The fourth-order valence-corrected chi connectivity index (χ4v) is 5.30. The van der Waals surface area contributed by atoms with E-state index in [0.717, 1.165) is 12.1 Å². The van der Waals surface area contributed by atoms with Crippen LogP contribution in [0.3, 0.4) is 0 Å². The highest BCUT2D eigenvalue weighted by atomic mass is 16.7. The Morgan fingerprint density at radius 3 is 2.05 bits per heavy atom. The number of aliphatic hydroxyl groups excluding tert-OH is 7. The molecule has 236 valence electrons. The molecule has 2 aliphatic rings. The summed E-state index contributed by atoms with van der Waals surface area (Å²) in [6.45, 7) is 0.227. The minimum absolute atomic E-state index is 0.0772. The Labute approximate surface area is 242 Å². The maximum absolute atomic E-state index is 12.7. The molecule has 9 N–H and O–H groups in total. The van der Waals surface area contributed by atoms with Crippen molar-refractivity contribution in [3.05, 3.63) is 34.2 Å². The van der Waals surface area contributed by atoms with Gasteiger partial charge in [0, 0.05) is 16.8 Å². The van der Waals surface area contributed by atoms with Crippen molar-refractivity contribution in [2.75, 3.05) is 20.3 Å². The van der Waals surface area contributed by atoms with E-state index in [2.05, 4.69) is 0 Å². The lowest BCUT2D eigenvalue weighted by atomic mass is 9.98. The average Bonchev–Trinajstić information content (AvgIpc) is 2.96. The van der Waals surface area contributed by atoms with Crippen molar-refractivity contribution in [3.8, 4) is 23.2 Å². The first-order valence-corrected chi connectivity index (χ1v) is 13.2. The summed E-state index contributed by atoms with van der Waals surface area (Å²) in [5, 5.41) is 92.9. The summed E-state index contributed by atoms with van der Waals surface area (Å²) in [5.41, 5.74) is -0.602. The molecular weight excluding hydrogens is 580 g/mol. The number of ether oxygens (including phenoxy) is 5. The largest absolute Gasteiger partial charge is 0.506 e. The van der Waals surface area contributed by atoms with Crippen molar-refractivity contribution >= 4 is 21.5 Å². The van der Waals surface area contributed by atoms with E-state index in [-0.39, 0.29) is 38.8 Å². The van der Waals surface area contributed by atoms with E-state index in [9.17, 15) is 50.8 Å². The number of aryl methyl sites for hydroxylation is 1. The predicted molar refractivity (Wildman–Crippen MR) is 142 cm³/mol. The van der Waals surface area contributed by atoms with Crippen molar-refractivity contribution in [3.63, 3.8) is 0 Å². The van der Waals surface area contributed by atoms with Gasteiger partial charge in [-0.3, -0.25) is 4.79 Å². The fraction of sp³-hybridized carbons (Fsp3) is 0.519. The number of benzene rings is 2. The maximum atomic E-state index is 12.7. The maximum Gasteiger partial charge on any atom is 0.294 e. The number of aliphatic hydroxyl groups is 7. The molecule has 0 spiro atoms. The molecule has 5 rings (SSSR count). The molecule has 16 nitrogen and oxygen atoms in total. The lowest BCUT2D eigenvalue weighted by Crippen LogP contribution is -2.62. The van der Waals surface area contributed by atoms with Crippen molar-refractivity contribution in [1.82, 2.24) is 0 Å². The third-order valence-corrected chi connectivity index (χ3v) is 7.52. The Balaban J connectivity index is 1.46. The van der Waals surface area contributed by atoms with Crippen molar-refractivity contribution in [2.24, 2.45) is 0 Å². The molecule has 3 aromatic rings. The van der Waals surface area contributed by atoms with Gasteiger partial charge < -0.3 is 74.1 Å². The Kier molecular flexibility index (Phi) is 8.70. The zero-order chi connectivity index (χ0) is 31.3. The second kappa shape index (κ2) is 12.0. The molecule has 0 unspecified atom stereocenters. The van der Waals surface area contributed by atoms with Crippen LogP contribution in [0.15, 0.2) is 27.4 Å². The molecule has 2 fully saturated rings. The van der Waals surface area contributed by atoms with E-state index < -0.39 is 91.8 Å². The third-order valence-electron chi connectivity index (χ3n) is 7.52. The molecule has 3 heterocycles. The molecule has 0 aliphatic carbocycles. The smallest absolute Gasteiger partial charge is 0.294 e. The van der Waals surface area contributed by atoms with Gasteiger partial charge in [0.15, 0.2) is 11.7 Å². The van der Waals surface area contributed by atoms with E-state index in [1.54, 1.807) is 6.92 Å². The number of methoxy groups -OCH3 is 1. The summed E-state index contributed by atoms with van der Waals surface area (Å²) < 4.78 is 32.8. The Morgan fingerprint density at radius 1 is 0.791 bits per heavy atom. The first kappa shape index (κ1) is 31.1. The number of fused-ring (bicyclic) bond motifs is 2. The lowest BCUT2D eigenvalue weighted by molar-refractivity contribution is -0.323. The molecule has 2 aromatic carbocycles. The molecule has 0 bridgehead atoms. The standard InChI is InChI=1S/C27H32O16/c1-8-3-10-16(25(37)40-8)19(32)15-11(24(10)38-2)4-9(29)5-12(15)41-27-23(36)21(34)18(31)14(43-27)7-39-26-22(35)20(33)17(30)13(6-28)42-26/h3-5,13-14,17-18,20-23,26-28,30-37H,6-7H2,1-2H3/t13-,14-,17-,18-,20+,21+,22-,23-,26-,27-/m1/s1. The second-order valence-electron chi connectivity index (χ2n) is 10.3. The molecule has 2 aliphatic heterocycles. The van der Waals surface area contributed by atoms with Crippen LogP contribution in [-0.4, -0.2) is 128 Å². The molecule has 0 amide bonds. The Morgan fingerprint density at radius 2 is 1.40 bits per heavy atom. The molecule has 2 saturated heterocycles. The van der Waals surface area contributed by atoms with E-state index in [4.69, 9.17) is 28.1 Å². The van der Waals surface area contributed by atoms with Gasteiger partial charge in [0.2, 0.25) is 6.29 Å². The summed E-state index contributed by atoms with van der Waals surface area (Å²) >= 11 is 0. The summed E-state index contributed by atoms with van der Waals surface area (Å²) in [4.78, 5) is 12.7. The summed E-state index contributed by atoms with van der Waals surface area (Å²) in [6.07, 6.45) is -16.7. The normalized spacial score (nSPS) is 33.1. The van der Waals surface area contributed by atoms with Gasteiger partial charge in [0.1, 0.15) is 77.2 Å². The van der Waals surface area contributed by atoms with Crippen molar-refractivity contribution in [1.29, 1.82) is 0 Å². The topological polar surface area (TPSA) is 258 Å². The molecule has 43 heavy (non-hydrogen) atoms. The van der Waals surface area contributed by atoms with Crippen LogP contribution in [0.1, 0.15) is 5.76 Å². The zero-order valence-electron chi connectivity index (χ0n) is 22.8.